The average Bonchev–Trinajstić information content (AvgIpc) is 2.72. The first-order valence-electron chi connectivity index (χ1n) is 9.21. The summed E-state index contributed by atoms with van der Waals surface area (Å²) in [6.07, 6.45) is -5.10. The Bertz CT molecular complexity index is 1290. The highest BCUT2D eigenvalue weighted by Crippen LogP contribution is 2.28. The Morgan fingerprint density at radius 2 is 1.72 bits per heavy atom. The number of halogens is 3. The molecule has 32 heavy (non-hydrogen) atoms. The fraction of sp³-hybridized carbons (Fsp3) is 0.143. The van der Waals surface area contributed by atoms with Gasteiger partial charge in [-0.15, -0.1) is 0 Å². The first-order valence-corrected chi connectivity index (χ1v) is 9.21. The third kappa shape index (κ3) is 4.94. The zero-order chi connectivity index (χ0) is 23.5. The number of carbonyl (C=O) groups is 1. The number of aromatic amines is 1. The predicted octanol–water partition coefficient (Wildman–Crippen LogP) is 2.93. The second-order valence-electron chi connectivity index (χ2n) is 6.70. The number of para-hydroxylation sites is 2. The number of carbonyl (C=O) groups excluding carboxylic acids is 1. The summed E-state index contributed by atoms with van der Waals surface area (Å²) in [5, 5.41) is 12.3. The number of benzene rings is 2. The number of hydrogen-bond acceptors (Lipinski definition) is 5. The number of aromatic nitrogens is 2. The van der Waals surface area contributed by atoms with Crippen molar-refractivity contribution in [3.63, 3.8) is 0 Å². The van der Waals surface area contributed by atoms with Crippen LogP contribution in [0, 0.1) is 0 Å². The minimum Gasteiger partial charge on any atom is -0.494 e. The van der Waals surface area contributed by atoms with Crippen molar-refractivity contribution in [2.45, 2.75) is 19.6 Å². The van der Waals surface area contributed by atoms with Gasteiger partial charge in [0.15, 0.2) is 0 Å². The summed E-state index contributed by atoms with van der Waals surface area (Å²) >= 11 is 0. The molecule has 8 nitrogen and oxygen atoms in total. The molecule has 166 valence electrons. The van der Waals surface area contributed by atoms with Gasteiger partial charge in [-0.25, -0.2) is 4.79 Å². The number of H-pyrrole nitrogens is 1. The first-order chi connectivity index (χ1) is 15.1. The highest BCUT2D eigenvalue weighted by Gasteiger charge is 2.39. The Balaban J connectivity index is 2.04. The second kappa shape index (κ2) is 8.92. The summed E-state index contributed by atoms with van der Waals surface area (Å²) in [7, 11) is 0. The molecule has 0 unspecified atom stereocenters. The van der Waals surface area contributed by atoms with E-state index < -0.39 is 29.2 Å². The van der Waals surface area contributed by atoms with E-state index in [4.69, 9.17) is 0 Å². The molecular weight excluding hydrogens is 429 g/mol. The summed E-state index contributed by atoms with van der Waals surface area (Å²) in [6, 6.07) is 14.1. The summed E-state index contributed by atoms with van der Waals surface area (Å²) < 4.78 is 38.7. The van der Waals surface area contributed by atoms with Gasteiger partial charge in [-0.2, -0.15) is 13.2 Å². The lowest BCUT2D eigenvalue weighted by Gasteiger charge is -2.13. The maximum atomic E-state index is 12.6. The molecule has 0 aliphatic carbocycles. The number of nitrogens with one attached hydrogen (secondary N) is 2. The Kier molecular flexibility index (Phi) is 6.28. The van der Waals surface area contributed by atoms with Crippen LogP contribution in [0.5, 0.6) is 5.88 Å². The largest absolute Gasteiger partial charge is 0.494 e. The quantitative estimate of drug-likeness (QED) is 0.523. The molecule has 3 aromatic rings. The molecule has 0 fully saturated rings. The van der Waals surface area contributed by atoms with Crippen molar-refractivity contribution in [1.29, 1.82) is 0 Å². The first kappa shape index (κ1) is 22.5. The maximum absolute atomic E-state index is 12.6. The summed E-state index contributed by atoms with van der Waals surface area (Å²) in [6.45, 7) is 1.30. The number of hydrogen-bond donors (Lipinski definition) is 3. The second-order valence-corrected chi connectivity index (χ2v) is 6.70. The molecule has 0 radical (unpaired) electrons. The Morgan fingerprint density at radius 1 is 1.09 bits per heavy atom. The van der Waals surface area contributed by atoms with Gasteiger partial charge < -0.3 is 10.4 Å². The molecule has 0 bridgehead atoms. The van der Waals surface area contributed by atoms with Gasteiger partial charge in [-0.3, -0.25) is 24.1 Å². The van der Waals surface area contributed by atoms with Crippen molar-refractivity contribution < 1.29 is 23.1 Å². The molecule has 3 N–H and O–H groups in total. The molecule has 2 aromatic carbocycles. The van der Waals surface area contributed by atoms with E-state index in [0.29, 0.717) is 5.56 Å². The van der Waals surface area contributed by atoms with Crippen molar-refractivity contribution in [1.82, 2.24) is 9.55 Å². The van der Waals surface area contributed by atoms with E-state index in [0.717, 1.165) is 4.57 Å². The lowest BCUT2D eigenvalue weighted by molar-refractivity contribution is -0.167. The summed E-state index contributed by atoms with van der Waals surface area (Å²) in [4.78, 5) is 42.1. The van der Waals surface area contributed by atoms with Crippen molar-refractivity contribution in [2.75, 3.05) is 5.32 Å². The Morgan fingerprint density at radius 3 is 2.38 bits per heavy atom. The van der Waals surface area contributed by atoms with Crippen molar-refractivity contribution in [3.8, 4) is 5.88 Å². The zero-order valence-corrected chi connectivity index (χ0v) is 16.6. The van der Waals surface area contributed by atoms with Crippen LogP contribution in [0.1, 0.15) is 18.1 Å². The fourth-order valence-electron chi connectivity index (χ4n) is 2.91. The van der Waals surface area contributed by atoms with Crippen LogP contribution in [-0.4, -0.2) is 32.5 Å². The molecule has 0 saturated carbocycles. The molecule has 0 saturated heterocycles. The Hall–Kier alpha value is -4.15. The number of nitrogens with zero attached hydrogens (tertiary/aromatic N) is 2. The summed E-state index contributed by atoms with van der Waals surface area (Å²) in [5.74, 6) is -2.84. The van der Waals surface area contributed by atoms with Crippen LogP contribution < -0.4 is 16.6 Å². The SMILES string of the molecule is CC(=Nc1ccccc1NC(=O)C(F)(F)F)c1c(O)n(Cc2ccccc2)c(=O)[nH]c1=O. The summed E-state index contributed by atoms with van der Waals surface area (Å²) in [5.41, 5.74) is -1.83. The van der Waals surface area contributed by atoms with Crippen molar-refractivity contribution in [2.24, 2.45) is 4.99 Å². The molecule has 1 heterocycles. The molecule has 1 amide bonds. The van der Waals surface area contributed by atoms with E-state index in [1.54, 1.807) is 35.6 Å². The van der Waals surface area contributed by atoms with E-state index in [-0.39, 0.29) is 29.2 Å². The van der Waals surface area contributed by atoms with Crippen LogP contribution in [0.25, 0.3) is 0 Å². The van der Waals surface area contributed by atoms with Crippen LogP contribution in [0.3, 0.4) is 0 Å². The topological polar surface area (TPSA) is 117 Å². The van der Waals surface area contributed by atoms with E-state index in [1.807, 2.05) is 0 Å². The molecular formula is C21H17F3N4O4. The molecule has 1 aromatic heterocycles. The average molecular weight is 446 g/mol. The molecule has 0 aliphatic heterocycles. The van der Waals surface area contributed by atoms with Crippen molar-refractivity contribution in [3.05, 3.63) is 86.6 Å². The number of alkyl halides is 3. The third-order valence-electron chi connectivity index (χ3n) is 4.42. The molecule has 0 spiro atoms. The Labute approximate surface area is 178 Å². The van der Waals surface area contributed by atoms with Crippen LogP contribution in [0.4, 0.5) is 24.5 Å². The van der Waals surface area contributed by atoms with Crippen LogP contribution in [0.2, 0.25) is 0 Å². The normalized spacial score (nSPS) is 11.9. The van der Waals surface area contributed by atoms with Gasteiger partial charge in [0.2, 0.25) is 5.88 Å². The lowest BCUT2D eigenvalue weighted by Crippen LogP contribution is -2.33. The number of aromatic hydroxyl groups is 1. The smallest absolute Gasteiger partial charge is 0.471 e. The molecule has 3 rings (SSSR count). The molecule has 11 heteroatoms. The number of rotatable bonds is 5. The fourth-order valence-corrected chi connectivity index (χ4v) is 2.91. The van der Waals surface area contributed by atoms with Gasteiger partial charge in [-0.1, -0.05) is 42.5 Å². The van der Waals surface area contributed by atoms with Gasteiger partial charge in [-0.05, 0) is 24.6 Å². The van der Waals surface area contributed by atoms with Crippen LogP contribution in [-0.2, 0) is 11.3 Å². The monoisotopic (exact) mass is 446 g/mol. The van der Waals surface area contributed by atoms with Crippen LogP contribution >= 0.6 is 0 Å². The lowest BCUT2D eigenvalue weighted by atomic mass is 10.2. The van der Waals surface area contributed by atoms with E-state index >= 15 is 0 Å². The van der Waals surface area contributed by atoms with Crippen molar-refractivity contribution >= 4 is 23.0 Å². The van der Waals surface area contributed by atoms with Gasteiger partial charge in [0.25, 0.3) is 5.56 Å². The zero-order valence-electron chi connectivity index (χ0n) is 16.6. The predicted molar refractivity (Wildman–Crippen MR) is 112 cm³/mol. The molecule has 0 atom stereocenters. The minimum absolute atomic E-state index is 0.0409. The molecule has 0 aliphatic rings. The van der Waals surface area contributed by atoms with Gasteiger partial charge in [0.1, 0.15) is 5.56 Å². The maximum Gasteiger partial charge on any atom is 0.471 e. The van der Waals surface area contributed by atoms with Gasteiger partial charge in [0, 0.05) is 0 Å². The van der Waals surface area contributed by atoms with E-state index in [2.05, 4.69) is 9.98 Å². The van der Waals surface area contributed by atoms with Crippen LogP contribution in [0.15, 0.2) is 69.2 Å². The minimum atomic E-state index is -5.10. The van der Waals surface area contributed by atoms with E-state index in [9.17, 15) is 32.7 Å². The van der Waals surface area contributed by atoms with Gasteiger partial charge in [0.05, 0.1) is 23.6 Å². The van der Waals surface area contributed by atoms with E-state index in [1.165, 1.54) is 31.2 Å². The number of aliphatic imine (C=N–C) groups is 1. The number of anilines is 1. The number of amides is 1. The highest BCUT2D eigenvalue weighted by atomic mass is 19.4. The standard InChI is InChI=1S/C21H17F3N4O4/c1-12(25-14-9-5-6-10-15(14)26-19(31)21(22,23)24)16-17(29)27-20(32)28(18(16)30)11-13-7-3-2-4-8-13/h2-10,30H,11H2,1H3,(H,26,31)(H,27,29,32). The third-order valence-corrected chi connectivity index (χ3v) is 4.42. The van der Waals surface area contributed by atoms with Gasteiger partial charge >= 0.3 is 17.8 Å². The highest BCUT2D eigenvalue weighted by molar-refractivity contribution is 6.03.